The van der Waals surface area contributed by atoms with E-state index >= 15 is 0 Å². The summed E-state index contributed by atoms with van der Waals surface area (Å²) in [6.45, 7) is 0.604. The maximum Gasteiger partial charge on any atom is 0.420 e. The molecule has 0 bridgehead atoms. The van der Waals surface area contributed by atoms with Gasteiger partial charge in [0.05, 0.1) is 5.52 Å². The van der Waals surface area contributed by atoms with E-state index in [1.54, 1.807) is 29.5 Å². The Hall–Kier alpha value is -2.34. The highest BCUT2D eigenvalue weighted by Gasteiger charge is 2.45. The molecule has 1 amide bonds. The van der Waals surface area contributed by atoms with E-state index in [9.17, 15) is 9.59 Å². The number of carbonyl (C=O) groups excluding carboxylic acids is 1. The number of hydrogen-bond acceptors (Lipinski definition) is 4. The average Bonchev–Trinajstić information content (AvgIpc) is 3.00. The summed E-state index contributed by atoms with van der Waals surface area (Å²) in [6, 6.07) is 11.3. The second kappa shape index (κ2) is 5.38. The fourth-order valence-corrected chi connectivity index (χ4v) is 3.86. The lowest BCUT2D eigenvalue weighted by Gasteiger charge is -2.14. The highest BCUT2D eigenvalue weighted by atomic mass is 32.1. The third-order valence-electron chi connectivity index (χ3n) is 4.40. The molecule has 23 heavy (non-hydrogen) atoms. The first-order chi connectivity index (χ1) is 11.2. The fourth-order valence-electron chi connectivity index (χ4n) is 2.87. The summed E-state index contributed by atoms with van der Waals surface area (Å²) in [7, 11) is 0. The molecule has 1 N–H and O–H groups in total. The Morgan fingerprint density at radius 2 is 2.09 bits per heavy atom. The molecule has 1 aliphatic rings. The summed E-state index contributed by atoms with van der Waals surface area (Å²) in [4.78, 5) is 25.5. The predicted octanol–water partition coefficient (Wildman–Crippen LogP) is 2.50. The van der Waals surface area contributed by atoms with Gasteiger partial charge in [0.1, 0.15) is 6.54 Å². The Balaban J connectivity index is 1.46. The topological polar surface area (TPSA) is 64.2 Å². The van der Waals surface area contributed by atoms with Crippen molar-refractivity contribution in [3.8, 4) is 0 Å². The molecule has 2 aromatic heterocycles. The van der Waals surface area contributed by atoms with Gasteiger partial charge in [-0.25, -0.2) is 4.79 Å². The minimum absolute atomic E-state index is 0.0175. The number of benzene rings is 1. The first-order valence-electron chi connectivity index (χ1n) is 7.57. The van der Waals surface area contributed by atoms with Gasteiger partial charge in [0, 0.05) is 16.8 Å². The summed E-state index contributed by atoms with van der Waals surface area (Å²) in [5, 5.41) is 5.03. The number of para-hydroxylation sites is 2. The van der Waals surface area contributed by atoms with Crippen molar-refractivity contribution in [2.75, 3.05) is 6.54 Å². The molecule has 4 rings (SSSR count). The number of fused-ring (bicyclic) bond motifs is 1. The summed E-state index contributed by atoms with van der Waals surface area (Å²) in [5.74, 6) is -0.665. The van der Waals surface area contributed by atoms with Gasteiger partial charge in [-0.05, 0) is 36.4 Å². The number of amides is 1. The van der Waals surface area contributed by atoms with Gasteiger partial charge in [0.2, 0.25) is 5.91 Å². The molecule has 118 valence electrons. The van der Waals surface area contributed by atoms with E-state index in [2.05, 4.69) is 16.8 Å². The van der Waals surface area contributed by atoms with Gasteiger partial charge in [0.25, 0.3) is 0 Å². The minimum Gasteiger partial charge on any atom is -0.408 e. The van der Waals surface area contributed by atoms with E-state index in [1.165, 1.54) is 9.44 Å². The molecular formula is C17H16N2O3S. The Morgan fingerprint density at radius 1 is 1.26 bits per heavy atom. The first-order valence-corrected chi connectivity index (χ1v) is 8.45. The van der Waals surface area contributed by atoms with Gasteiger partial charge < -0.3 is 9.73 Å². The van der Waals surface area contributed by atoms with Crippen molar-refractivity contribution in [3.63, 3.8) is 0 Å². The van der Waals surface area contributed by atoms with E-state index in [0.717, 1.165) is 12.8 Å². The average molecular weight is 328 g/mol. The van der Waals surface area contributed by atoms with Gasteiger partial charge in [-0.1, -0.05) is 18.2 Å². The number of rotatable bonds is 5. The Kier molecular flexibility index (Phi) is 3.34. The predicted molar refractivity (Wildman–Crippen MR) is 88.7 cm³/mol. The molecule has 5 nitrogen and oxygen atoms in total. The van der Waals surface area contributed by atoms with Crippen LogP contribution in [0.15, 0.2) is 51.0 Å². The lowest BCUT2D eigenvalue weighted by Crippen LogP contribution is -2.35. The highest BCUT2D eigenvalue weighted by molar-refractivity contribution is 7.10. The number of aromatic nitrogens is 1. The van der Waals surface area contributed by atoms with Crippen LogP contribution in [0.1, 0.15) is 17.7 Å². The monoisotopic (exact) mass is 328 g/mol. The zero-order chi connectivity index (χ0) is 15.9. The molecule has 3 aromatic rings. The molecule has 0 atom stereocenters. The lowest BCUT2D eigenvalue weighted by atomic mass is 10.1. The van der Waals surface area contributed by atoms with Crippen LogP contribution in [0, 0.1) is 0 Å². The van der Waals surface area contributed by atoms with Crippen molar-refractivity contribution >= 4 is 28.3 Å². The van der Waals surface area contributed by atoms with Crippen molar-refractivity contribution in [2.24, 2.45) is 0 Å². The van der Waals surface area contributed by atoms with Crippen molar-refractivity contribution in [1.82, 2.24) is 9.88 Å². The number of oxazole rings is 1. The van der Waals surface area contributed by atoms with Crippen LogP contribution in [0.2, 0.25) is 0 Å². The minimum atomic E-state index is -0.499. The zero-order valence-corrected chi connectivity index (χ0v) is 13.3. The number of carbonyl (C=O) groups is 1. The maximum absolute atomic E-state index is 12.2. The first kappa shape index (κ1) is 14.3. The molecule has 1 aliphatic carbocycles. The SMILES string of the molecule is O=C(Cn1c(=O)oc2ccccc21)NCC1(c2cccs2)CC1. The van der Waals surface area contributed by atoms with Crippen LogP contribution in [0.25, 0.3) is 11.1 Å². The molecule has 0 aliphatic heterocycles. The quantitative estimate of drug-likeness (QED) is 0.783. The largest absolute Gasteiger partial charge is 0.420 e. The van der Waals surface area contributed by atoms with Gasteiger partial charge in [-0.2, -0.15) is 0 Å². The Labute approximate surface area is 136 Å². The summed E-state index contributed by atoms with van der Waals surface area (Å²) in [5.41, 5.74) is 1.25. The zero-order valence-electron chi connectivity index (χ0n) is 12.5. The molecule has 0 saturated heterocycles. The van der Waals surface area contributed by atoms with Crippen molar-refractivity contribution in [2.45, 2.75) is 24.8 Å². The third kappa shape index (κ3) is 2.59. The van der Waals surface area contributed by atoms with Crippen LogP contribution in [-0.2, 0) is 16.8 Å². The van der Waals surface area contributed by atoms with E-state index in [4.69, 9.17) is 4.42 Å². The van der Waals surface area contributed by atoms with E-state index < -0.39 is 5.76 Å². The Bertz CT molecular complexity index is 903. The maximum atomic E-state index is 12.2. The smallest absolute Gasteiger partial charge is 0.408 e. The van der Waals surface area contributed by atoms with Crippen LogP contribution in [-0.4, -0.2) is 17.0 Å². The van der Waals surface area contributed by atoms with E-state index in [-0.39, 0.29) is 17.9 Å². The lowest BCUT2D eigenvalue weighted by molar-refractivity contribution is -0.121. The second-order valence-corrected chi connectivity index (χ2v) is 6.90. The number of nitrogens with one attached hydrogen (secondary N) is 1. The normalized spacial score (nSPS) is 15.7. The molecule has 1 saturated carbocycles. The number of thiophene rings is 1. The number of nitrogens with zero attached hydrogens (tertiary/aromatic N) is 1. The standard InChI is InChI=1S/C17H16N2O3S/c20-15(18-11-17(7-8-17)14-6-3-9-23-14)10-19-12-4-1-2-5-13(12)22-16(19)21/h1-6,9H,7-8,10-11H2,(H,18,20). The summed E-state index contributed by atoms with van der Waals surface area (Å²) >= 11 is 1.73. The molecule has 1 aromatic carbocycles. The van der Waals surface area contributed by atoms with Crippen molar-refractivity contribution < 1.29 is 9.21 Å². The molecule has 0 spiro atoms. The summed E-state index contributed by atoms with van der Waals surface area (Å²) < 4.78 is 6.52. The van der Waals surface area contributed by atoms with Gasteiger partial charge in [-0.15, -0.1) is 11.3 Å². The summed E-state index contributed by atoms with van der Waals surface area (Å²) in [6.07, 6.45) is 2.20. The van der Waals surface area contributed by atoms with E-state index in [0.29, 0.717) is 17.6 Å². The molecular weight excluding hydrogens is 312 g/mol. The van der Waals surface area contributed by atoms with Crippen LogP contribution in [0.3, 0.4) is 0 Å². The molecule has 1 fully saturated rings. The van der Waals surface area contributed by atoms with Gasteiger partial charge in [0.15, 0.2) is 5.58 Å². The second-order valence-electron chi connectivity index (χ2n) is 5.96. The highest BCUT2D eigenvalue weighted by Crippen LogP contribution is 2.49. The van der Waals surface area contributed by atoms with Crippen molar-refractivity contribution in [1.29, 1.82) is 0 Å². The molecule has 2 heterocycles. The molecule has 0 radical (unpaired) electrons. The van der Waals surface area contributed by atoms with E-state index in [1.807, 2.05) is 12.1 Å². The Morgan fingerprint density at radius 3 is 2.83 bits per heavy atom. The third-order valence-corrected chi connectivity index (χ3v) is 5.51. The molecule has 6 heteroatoms. The van der Waals surface area contributed by atoms with Crippen LogP contribution in [0.4, 0.5) is 0 Å². The van der Waals surface area contributed by atoms with Crippen LogP contribution < -0.4 is 11.1 Å². The van der Waals surface area contributed by atoms with Gasteiger partial charge in [-0.3, -0.25) is 9.36 Å². The van der Waals surface area contributed by atoms with Crippen molar-refractivity contribution in [3.05, 3.63) is 57.2 Å². The molecule has 0 unspecified atom stereocenters. The van der Waals surface area contributed by atoms with Gasteiger partial charge >= 0.3 is 5.76 Å². The number of hydrogen-bond donors (Lipinski definition) is 1. The van der Waals surface area contributed by atoms with Crippen LogP contribution in [0.5, 0.6) is 0 Å². The fraction of sp³-hybridized carbons (Fsp3) is 0.294. The van der Waals surface area contributed by atoms with Crippen LogP contribution >= 0.6 is 11.3 Å².